The number of H-pyrrole nitrogens is 1. The van der Waals surface area contributed by atoms with Crippen molar-refractivity contribution in [2.75, 3.05) is 6.54 Å². The van der Waals surface area contributed by atoms with Crippen molar-refractivity contribution in [1.82, 2.24) is 39.7 Å². The average Bonchev–Trinajstić information content (AvgIpc) is 3.62. The van der Waals surface area contributed by atoms with Gasteiger partial charge in [-0.05, 0) is 37.3 Å². The quantitative estimate of drug-likeness (QED) is 0.422. The number of aromatic nitrogens is 7. The maximum atomic E-state index is 13.6. The van der Waals surface area contributed by atoms with E-state index in [1.165, 1.54) is 15.5 Å². The van der Waals surface area contributed by atoms with Gasteiger partial charge in [0.25, 0.3) is 6.43 Å². The van der Waals surface area contributed by atoms with Crippen molar-refractivity contribution in [2.45, 2.75) is 25.8 Å². The highest BCUT2D eigenvalue weighted by Gasteiger charge is 2.38. The molecule has 5 aromatic rings. The van der Waals surface area contributed by atoms with E-state index in [0.29, 0.717) is 41.1 Å². The molecule has 0 saturated heterocycles. The van der Waals surface area contributed by atoms with Crippen molar-refractivity contribution < 1.29 is 18.0 Å². The van der Waals surface area contributed by atoms with Gasteiger partial charge in [-0.15, -0.1) is 10.2 Å². The van der Waals surface area contributed by atoms with Crippen LogP contribution in [0.3, 0.4) is 0 Å². The maximum Gasteiger partial charge on any atom is 0.312 e. The third kappa shape index (κ3) is 3.45. The molecule has 10 nitrogen and oxygen atoms in total. The summed E-state index contributed by atoms with van der Waals surface area (Å²) in [5.41, 5.74) is 3.41. The van der Waals surface area contributed by atoms with Crippen LogP contribution in [0.1, 0.15) is 51.6 Å². The molecule has 0 bridgehead atoms. The lowest BCUT2D eigenvalue weighted by atomic mass is 9.99. The minimum absolute atomic E-state index is 0.183. The van der Waals surface area contributed by atoms with E-state index in [0.717, 1.165) is 5.69 Å². The SMILES string of the molecule is Cc1ncccc1-c1nnc(C(=O)N2CCc3[nH]cnc3[C@H]2c2cc3cccc(C(F)F)n3n2)o1. The Balaban J connectivity index is 1.42. The largest absolute Gasteiger partial charge is 0.412 e. The van der Waals surface area contributed by atoms with Gasteiger partial charge in [0.1, 0.15) is 11.7 Å². The van der Waals surface area contributed by atoms with Crippen LogP contribution in [-0.4, -0.2) is 52.1 Å². The van der Waals surface area contributed by atoms with Gasteiger partial charge in [0.2, 0.25) is 5.89 Å². The van der Waals surface area contributed by atoms with Gasteiger partial charge in [-0.2, -0.15) is 5.10 Å². The fraction of sp³-hybridized carbons (Fsp3) is 0.217. The number of imidazole rings is 1. The Labute approximate surface area is 196 Å². The van der Waals surface area contributed by atoms with Crippen LogP contribution in [0, 0.1) is 6.92 Å². The highest BCUT2D eigenvalue weighted by molar-refractivity contribution is 5.90. The molecule has 0 aromatic carbocycles. The molecule has 1 N–H and O–H groups in total. The summed E-state index contributed by atoms with van der Waals surface area (Å²) < 4.78 is 34.0. The van der Waals surface area contributed by atoms with E-state index >= 15 is 0 Å². The molecule has 6 rings (SSSR count). The Morgan fingerprint density at radius 1 is 1.20 bits per heavy atom. The summed E-state index contributed by atoms with van der Waals surface area (Å²) in [4.78, 5) is 26.8. The molecule has 0 radical (unpaired) electrons. The van der Waals surface area contributed by atoms with Crippen LogP contribution in [0.25, 0.3) is 17.0 Å². The first-order valence-electron chi connectivity index (χ1n) is 10.9. The van der Waals surface area contributed by atoms with Gasteiger partial charge in [0, 0.05) is 30.6 Å². The second-order valence-electron chi connectivity index (χ2n) is 8.12. The van der Waals surface area contributed by atoms with Crippen LogP contribution < -0.4 is 0 Å². The number of nitrogens with one attached hydrogen (secondary N) is 1. The standard InChI is InChI=1S/C23H18F2N8O2/c1-12-14(5-3-8-26-12)21-29-30-22(35-21)23(34)32-9-7-15-18(28-11-27-15)19(32)16-10-13-4-2-6-17(20(24)25)33(13)31-16/h2-6,8,10-11,19-20H,7,9H2,1H3,(H,27,28)/t19-/m1/s1. The van der Waals surface area contributed by atoms with Crippen molar-refractivity contribution in [2.24, 2.45) is 0 Å². The number of hydrogen-bond donors (Lipinski definition) is 1. The van der Waals surface area contributed by atoms with E-state index in [9.17, 15) is 13.6 Å². The zero-order valence-electron chi connectivity index (χ0n) is 18.4. The van der Waals surface area contributed by atoms with Crippen LogP contribution in [0.4, 0.5) is 8.78 Å². The van der Waals surface area contributed by atoms with Crippen molar-refractivity contribution in [3.05, 3.63) is 83.3 Å². The summed E-state index contributed by atoms with van der Waals surface area (Å²) in [5, 5.41) is 12.4. The zero-order valence-corrected chi connectivity index (χ0v) is 18.4. The molecule has 0 unspecified atom stereocenters. The molecule has 5 aromatic heterocycles. The molecule has 0 aliphatic carbocycles. The molecule has 1 amide bonds. The topological polar surface area (TPSA) is 118 Å². The van der Waals surface area contributed by atoms with Gasteiger partial charge in [0.15, 0.2) is 0 Å². The third-order valence-electron chi connectivity index (χ3n) is 6.07. The molecule has 0 fully saturated rings. The lowest BCUT2D eigenvalue weighted by Gasteiger charge is -2.32. The summed E-state index contributed by atoms with van der Waals surface area (Å²) in [7, 11) is 0. The van der Waals surface area contributed by atoms with E-state index in [1.54, 1.807) is 49.8 Å². The Kier molecular flexibility index (Phi) is 4.87. The molecular weight excluding hydrogens is 458 g/mol. The van der Waals surface area contributed by atoms with Crippen molar-refractivity contribution in [1.29, 1.82) is 0 Å². The second-order valence-corrected chi connectivity index (χ2v) is 8.12. The monoisotopic (exact) mass is 476 g/mol. The fourth-order valence-electron chi connectivity index (χ4n) is 4.40. The number of halogens is 2. The smallest absolute Gasteiger partial charge is 0.312 e. The normalized spacial score (nSPS) is 15.7. The van der Waals surface area contributed by atoms with Crippen LogP contribution >= 0.6 is 0 Å². The van der Waals surface area contributed by atoms with Gasteiger partial charge in [0.05, 0.1) is 28.8 Å². The summed E-state index contributed by atoms with van der Waals surface area (Å²) >= 11 is 0. The number of nitrogens with zero attached hydrogens (tertiary/aromatic N) is 7. The summed E-state index contributed by atoms with van der Waals surface area (Å²) in [6.45, 7) is 2.12. The van der Waals surface area contributed by atoms with Gasteiger partial charge in [-0.25, -0.2) is 18.3 Å². The van der Waals surface area contributed by atoms with Crippen LogP contribution in [-0.2, 0) is 6.42 Å². The van der Waals surface area contributed by atoms with Gasteiger partial charge in [-0.1, -0.05) is 6.07 Å². The highest BCUT2D eigenvalue weighted by atomic mass is 19.3. The summed E-state index contributed by atoms with van der Waals surface area (Å²) in [6.07, 6.45) is 1.01. The highest BCUT2D eigenvalue weighted by Crippen LogP contribution is 2.35. The molecule has 1 aliphatic rings. The van der Waals surface area contributed by atoms with Gasteiger partial charge >= 0.3 is 11.8 Å². The number of aryl methyl sites for hydroxylation is 1. The lowest BCUT2D eigenvalue weighted by Crippen LogP contribution is -2.41. The lowest BCUT2D eigenvalue weighted by molar-refractivity contribution is 0.0646. The minimum Gasteiger partial charge on any atom is -0.412 e. The van der Waals surface area contributed by atoms with E-state index < -0.39 is 18.4 Å². The predicted octanol–water partition coefficient (Wildman–Crippen LogP) is 3.54. The van der Waals surface area contributed by atoms with E-state index in [2.05, 4.69) is 30.2 Å². The Hall–Kier alpha value is -4.48. The van der Waals surface area contributed by atoms with E-state index in [4.69, 9.17) is 4.42 Å². The van der Waals surface area contributed by atoms with E-state index in [1.807, 2.05) is 0 Å². The molecule has 35 heavy (non-hydrogen) atoms. The predicted molar refractivity (Wildman–Crippen MR) is 118 cm³/mol. The molecule has 12 heteroatoms. The van der Waals surface area contributed by atoms with Gasteiger partial charge < -0.3 is 14.3 Å². The first-order chi connectivity index (χ1) is 17.0. The summed E-state index contributed by atoms with van der Waals surface area (Å²) in [5.74, 6) is -0.512. The molecule has 0 spiro atoms. The van der Waals surface area contributed by atoms with Crippen LogP contribution in [0.2, 0.25) is 0 Å². The fourth-order valence-corrected chi connectivity index (χ4v) is 4.40. The van der Waals surface area contributed by atoms with Crippen LogP contribution in [0.15, 0.2) is 53.3 Å². The van der Waals surface area contributed by atoms with Crippen molar-refractivity contribution >= 4 is 11.4 Å². The first-order valence-corrected chi connectivity index (χ1v) is 10.9. The molecular formula is C23H18F2N8O2. The minimum atomic E-state index is -2.70. The average molecular weight is 476 g/mol. The van der Waals surface area contributed by atoms with Gasteiger partial charge in [-0.3, -0.25) is 9.78 Å². The Morgan fingerprint density at radius 2 is 2.09 bits per heavy atom. The number of amides is 1. The molecule has 0 saturated carbocycles. The maximum absolute atomic E-state index is 13.6. The zero-order chi connectivity index (χ0) is 24.1. The van der Waals surface area contributed by atoms with Crippen molar-refractivity contribution in [3.8, 4) is 11.5 Å². The first kappa shape index (κ1) is 21.1. The molecule has 6 heterocycles. The second kappa shape index (κ2) is 8.08. The summed E-state index contributed by atoms with van der Waals surface area (Å²) in [6, 6.07) is 9.03. The third-order valence-corrected chi connectivity index (χ3v) is 6.07. The number of carbonyl (C=O) groups is 1. The molecule has 1 atom stereocenters. The van der Waals surface area contributed by atoms with Crippen molar-refractivity contribution in [3.63, 3.8) is 0 Å². The van der Waals surface area contributed by atoms with E-state index in [-0.39, 0.29) is 17.5 Å². The molecule has 1 aliphatic heterocycles. The Bertz CT molecular complexity index is 1560. The number of pyridine rings is 2. The Morgan fingerprint density at radius 3 is 2.91 bits per heavy atom. The number of rotatable bonds is 4. The number of alkyl halides is 2. The molecule has 176 valence electrons. The number of fused-ring (bicyclic) bond motifs is 2. The number of hydrogen-bond acceptors (Lipinski definition) is 7. The number of carbonyl (C=O) groups excluding carboxylic acids is 1. The number of aromatic amines is 1. The van der Waals surface area contributed by atoms with Crippen LogP contribution in [0.5, 0.6) is 0 Å².